The van der Waals surface area contributed by atoms with E-state index in [2.05, 4.69) is 30.5 Å². The molecule has 1 aliphatic heterocycles. The van der Waals surface area contributed by atoms with Crippen molar-refractivity contribution in [3.8, 4) is 11.5 Å². The second-order valence-electron chi connectivity index (χ2n) is 8.88. The van der Waals surface area contributed by atoms with Gasteiger partial charge in [-0.25, -0.2) is 4.98 Å². The number of benzene rings is 3. The van der Waals surface area contributed by atoms with E-state index in [-0.39, 0.29) is 11.8 Å². The van der Waals surface area contributed by atoms with E-state index < -0.39 is 0 Å². The van der Waals surface area contributed by atoms with Crippen LogP contribution in [0.25, 0.3) is 11.0 Å². The molecular formula is C28H28ClN3O3. The zero-order chi connectivity index (χ0) is 24.5. The first-order chi connectivity index (χ1) is 17.0. The molecule has 6 nitrogen and oxygen atoms in total. The van der Waals surface area contributed by atoms with Crippen LogP contribution in [0.3, 0.4) is 0 Å². The number of hydrogen-bond acceptors (Lipinski definition) is 4. The number of aromatic nitrogens is 2. The molecule has 1 amide bonds. The average molecular weight is 490 g/mol. The summed E-state index contributed by atoms with van der Waals surface area (Å²) < 4.78 is 13.8. The second kappa shape index (κ2) is 9.62. The number of carbonyl (C=O) groups excluding carboxylic acids is 1. The number of anilines is 1. The van der Waals surface area contributed by atoms with Crippen molar-refractivity contribution in [2.75, 3.05) is 25.2 Å². The SMILES string of the molecule is COc1ccc(Cl)cc1N1CC(c2nc3ccccc3n2CCOc2cccc(C)c2C)CC1=O. The Labute approximate surface area is 210 Å². The molecule has 1 fully saturated rings. The van der Waals surface area contributed by atoms with Crippen LogP contribution in [0, 0.1) is 13.8 Å². The Morgan fingerprint density at radius 1 is 1.06 bits per heavy atom. The van der Waals surface area contributed by atoms with E-state index in [0.717, 1.165) is 28.2 Å². The van der Waals surface area contributed by atoms with Crippen LogP contribution >= 0.6 is 11.6 Å². The average Bonchev–Trinajstić information content (AvgIpc) is 3.42. The number of imidazole rings is 1. The molecule has 7 heteroatoms. The zero-order valence-corrected chi connectivity index (χ0v) is 20.9. The molecule has 0 bridgehead atoms. The second-order valence-corrected chi connectivity index (χ2v) is 9.31. The van der Waals surface area contributed by atoms with Gasteiger partial charge in [0.05, 0.1) is 30.4 Å². The smallest absolute Gasteiger partial charge is 0.227 e. The molecular weight excluding hydrogens is 462 g/mol. The Morgan fingerprint density at radius 3 is 2.71 bits per heavy atom. The molecule has 1 aromatic heterocycles. The maximum atomic E-state index is 13.1. The summed E-state index contributed by atoms with van der Waals surface area (Å²) in [5.74, 6) is 2.39. The standard InChI is InChI=1S/C28H28ClN3O3/c1-18-7-6-10-25(19(18)2)35-14-13-31-23-9-5-4-8-22(23)30-28(31)20-15-27(33)32(17-20)24-16-21(29)11-12-26(24)34-3/h4-12,16,20H,13-15,17H2,1-3H3. The summed E-state index contributed by atoms with van der Waals surface area (Å²) in [6.07, 6.45) is 0.372. The Balaban J connectivity index is 1.43. The first-order valence-electron chi connectivity index (χ1n) is 11.7. The summed E-state index contributed by atoms with van der Waals surface area (Å²) in [7, 11) is 1.60. The number of methoxy groups -OCH3 is 1. The van der Waals surface area contributed by atoms with Gasteiger partial charge in [0.2, 0.25) is 5.91 Å². The Kier molecular flexibility index (Phi) is 6.39. The van der Waals surface area contributed by atoms with Crippen LogP contribution in [0.1, 0.15) is 29.3 Å². The summed E-state index contributed by atoms with van der Waals surface area (Å²) in [6.45, 7) is 5.81. The van der Waals surface area contributed by atoms with Crippen LogP contribution in [0.2, 0.25) is 5.02 Å². The first kappa shape index (κ1) is 23.2. The highest BCUT2D eigenvalue weighted by atomic mass is 35.5. The minimum Gasteiger partial charge on any atom is -0.495 e. The molecule has 4 aromatic rings. The topological polar surface area (TPSA) is 56.6 Å². The number of halogens is 1. The normalized spacial score (nSPS) is 15.7. The number of fused-ring (bicyclic) bond motifs is 1. The van der Waals surface area contributed by atoms with E-state index >= 15 is 0 Å². The maximum Gasteiger partial charge on any atom is 0.227 e. The quantitative estimate of drug-likeness (QED) is 0.323. The number of nitrogens with zero attached hydrogens (tertiary/aromatic N) is 3. The molecule has 0 spiro atoms. The van der Waals surface area contributed by atoms with Gasteiger partial charge in [0.1, 0.15) is 23.9 Å². The Morgan fingerprint density at radius 2 is 1.89 bits per heavy atom. The van der Waals surface area contributed by atoms with Gasteiger partial charge in [0, 0.05) is 23.9 Å². The highest BCUT2D eigenvalue weighted by Gasteiger charge is 2.36. The van der Waals surface area contributed by atoms with Gasteiger partial charge in [0.25, 0.3) is 0 Å². The third-order valence-electron chi connectivity index (χ3n) is 6.73. The number of rotatable bonds is 7. The minimum absolute atomic E-state index is 0.0285. The van der Waals surface area contributed by atoms with Gasteiger partial charge in [-0.2, -0.15) is 0 Å². The maximum absolute atomic E-state index is 13.1. The summed E-state index contributed by atoms with van der Waals surface area (Å²) in [5, 5.41) is 0.563. The number of amides is 1. The number of para-hydroxylation sites is 2. The summed E-state index contributed by atoms with van der Waals surface area (Å²) in [4.78, 5) is 19.8. The monoisotopic (exact) mass is 489 g/mol. The van der Waals surface area contributed by atoms with Crippen molar-refractivity contribution >= 4 is 34.2 Å². The van der Waals surface area contributed by atoms with Crippen LogP contribution in [0.15, 0.2) is 60.7 Å². The zero-order valence-electron chi connectivity index (χ0n) is 20.1. The number of aryl methyl sites for hydroxylation is 1. The first-order valence-corrected chi connectivity index (χ1v) is 12.1. The summed E-state index contributed by atoms with van der Waals surface area (Å²) in [5.41, 5.74) is 5.00. The molecule has 1 saturated heterocycles. The van der Waals surface area contributed by atoms with Gasteiger partial charge in [-0.1, -0.05) is 35.9 Å². The Hall–Kier alpha value is -3.51. The van der Waals surface area contributed by atoms with Crippen molar-refractivity contribution in [1.29, 1.82) is 0 Å². The highest BCUT2D eigenvalue weighted by molar-refractivity contribution is 6.31. The van der Waals surface area contributed by atoms with Gasteiger partial charge in [-0.3, -0.25) is 4.79 Å². The molecule has 0 N–H and O–H groups in total. The molecule has 2 heterocycles. The third-order valence-corrected chi connectivity index (χ3v) is 6.97. The molecule has 1 aliphatic rings. The van der Waals surface area contributed by atoms with E-state index in [9.17, 15) is 4.79 Å². The van der Waals surface area contributed by atoms with E-state index in [1.807, 2.05) is 30.3 Å². The fraction of sp³-hybridized carbons (Fsp3) is 0.286. The summed E-state index contributed by atoms with van der Waals surface area (Å²) >= 11 is 6.24. The van der Waals surface area contributed by atoms with Crippen molar-refractivity contribution < 1.29 is 14.3 Å². The Bertz CT molecular complexity index is 1400. The minimum atomic E-state index is -0.0562. The van der Waals surface area contributed by atoms with Crippen LogP contribution in [-0.4, -0.2) is 35.7 Å². The number of carbonyl (C=O) groups is 1. The molecule has 1 atom stereocenters. The molecule has 0 radical (unpaired) electrons. The van der Waals surface area contributed by atoms with Gasteiger partial charge < -0.3 is 18.9 Å². The molecule has 0 aliphatic carbocycles. The number of ether oxygens (including phenoxy) is 2. The molecule has 35 heavy (non-hydrogen) atoms. The van der Waals surface area contributed by atoms with E-state index in [1.54, 1.807) is 30.2 Å². The predicted octanol–water partition coefficient (Wildman–Crippen LogP) is 5.91. The highest BCUT2D eigenvalue weighted by Crippen LogP contribution is 2.38. The molecule has 5 rings (SSSR count). The van der Waals surface area contributed by atoms with Gasteiger partial charge in [0.15, 0.2) is 0 Å². The van der Waals surface area contributed by atoms with E-state index in [1.165, 1.54) is 5.56 Å². The lowest BCUT2D eigenvalue weighted by Crippen LogP contribution is -2.25. The van der Waals surface area contributed by atoms with Crippen LogP contribution in [0.4, 0.5) is 5.69 Å². The van der Waals surface area contributed by atoms with Crippen molar-refractivity contribution in [3.63, 3.8) is 0 Å². The van der Waals surface area contributed by atoms with Crippen LogP contribution in [-0.2, 0) is 11.3 Å². The molecule has 1 unspecified atom stereocenters. The lowest BCUT2D eigenvalue weighted by Gasteiger charge is -2.20. The van der Waals surface area contributed by atoms with Crippen molar-refractivity contribution in [1.82, 2.24) is 9.55 Å². The fourth-order valence-electron chi connectivity index (χ4n) is 4.76. The third kappa shape index (κ3) is 4.46. The van der Waals surface area contributed by atoms with Crippen LogP contribution < -0.4 is 14.4 Å². The van der Waals surface area contributed by atoms with Crippen molar-refractivity contribution in [2.45, 2.75) is 32.7 Å². The van der Waals surface area contributed by atoms with Crippen LogP contribution in [0.5, 0.6) is 11.5 Å². The fourth-order valence-corrected chi connectivity index (χ4v) is 4.92. The van der Waals surface area contributed by atoms with E-state index in [4.69, 9.17) is 26.1 Å². The number of hydrogen-bond donors (Lipinski definition) is 0. The van der Waals surface area contributed by atoms with Crippen molar-refractivity contribution in [2.24, 2.45) is 0 Å². The molecule has 180 valence electrons. The molecule has 3 aromatic carbocycles. The van der Waals surface area contributed by atoms with Gasteiger partial charge in [-0.15, -0.1) is 0 Å². The van der Waals surface area contributed by atoms with Crippen molar-refractivity contribution in [3.05, 3.63) is 82.6 Å². The largest absolute Gasteiger partial charge is 0.495 e. The lowest BCUT2D eigenvalue weighted by molar-refractivity contribution is -0.117. The van der Waals surface area contributed by atoms with Gasteiger partial charge >= 0.3 is 0 Å². The van der Waals surface area contributed by atoms with Gasteiger partial charge in [-0.05, 0) is 61.4 Å². The summed E-state index contributed by atoms with van der Waals surface area (Å²) in [6, 6.07) is 19.5. The molecule has 0 saturated carbocycles. The predicted molar refractivity (Wildman–Crippen MR) is 139 cm³/mol. The lowest BCUT2D eigenvalue weighted by atomic mass is 10.1. The van der Waals surface area contributed by atoms with E-state index in [0.29, 0.717) is 42.6 Å².